The molecule has 2 N–H and O–H groups in total. The molecule has 0 aromatic heterocycles. The van der Waals surface area contributed by atoms with Crippen LogP contribution in [-0.2, 0) is 4.79 Å². The second-order valence-electron chi connectivity index (χ2n) is 5.55. The summed E-state index contributed by atoms with van der Waals surface area (Å²) < 4.78 is 0. The summed E-state index contributed by atoms with van der Waals surface area (Å²) in [6, 6.07) is 5.03. The van der Waals surface area contributed by atoms with Crippen molar-refractivity contribution < 1.29 is 14.7 Å². The number of amides is 2. The largest absolute Gasteiger partial charge is 0.396 e. The van der Waals surface area contributed by atoms with Gasteiger partial charge in [-0.25, -0.2) is 0 Å². The van der Waals surface area contributed by atoms with Crippen LogP contribution in [0.15, 0.2) is 18.2 Å². The fourth-order valence-corrected chi connectivity index (χ4v) is 2.75. The van der Waals surface area contributed by atoms with E-state index < -0.39 is 0 Å². The predicted octanol–water partition coefficient (Wildman–Crippen LogP) is 2.36. The third-order valence-electron chi connectivity index (χ3n) is 3.75. The molecule has 1 saturated heterocycles. The highest BCUT2D eigenvalue weighted by molar-refractivity contribution is 6.34. The molecule has 2 rings (SSSR count). The molecule has 0 bridgehead atoms. The molecule has 1 aliphatic rings. The Morgan fingerprint density at radius 3 is 2.91 bits per heavy atom. The first-order chi connectivity index (χ1) is 10.5. The summed E-state index contributed by atoms with van der Waals surface area (Å²) in [6.07, 6.45) is 2.71. The maximum atomic E-state index is 12.3. The van der Waals surface area contributed by atoms with Crippen molar-refractivity contribution in [2.24, 2.45) is 0 Å². The SMILES string of the molecule is CC(CCCO)NC(=O)c1cc(N2CCCC2=O)ccc1Cl. The van der Waals surface area contributed by atoms with Gasteiger partial charge in [0.25, 0.3) is 5.91 Å². The molecule has 1 atom stereocenters. The lowest BCUT2D eigenvalue weighted by molar-refractivity contribution is -0.117. The molecule has 1 heterocycles. The molecular formula is C16H21ClN2O3. The molecule has 1 aliphatic heterocycles. The van der Waals surface area contributed by atoms with Crippen molar-refractivity contribution in [3.63, 3.8) is 0 Å². The van der Waals surface area contributed by atoms with Crippen molar-refractivity contribution in [2.75, 3.05) is 18.1 Å². The average Bonchev–Trinajstić information content (AvgIpc) is 2.91. The Morgan fingerprint density at radius 1 is 1.50 bits per heavy atom. The van der Waals surface area contributed by atoms with Crippen molar-refractivity contribution in [3.8, 4) is 0 Å². The molecule has 0 spiro atoms. The van der Waals surface area contributed by atoms with Crippen LogP contribution < -0.4 is 10.2 Å². The number of hydrogen-bond donors (Lipinski definition) is 2. The zero-order chi connectivity index (χ0) is 16.1. The van der Waals surface area contributed by atoms with Gasteiger partial charge in [0.1, 0.15) is 0 Å². The summed E-state index contributed by atoms with van der Waals surface area (Å²) in [5, 5.41) is 12.0. The van der Waals surface area contributed by atoms with E-state index in [-0.39, 0.29) is 24.5 Å². The van der Waals surface area contributed by atoms with E-state index in [2.05, 4.69) is 5.32 Å². The maximum absolute atomic E-state index is 12.3. The van der Waals surface area contributed by atoms with Crippen molar-refractivity contribution in [3.05, 3.63) is 28.8 Å². The molecule has 1 fully saturated rings. The number of carbonyl (C=O) groups is 2. The molecule has 120 valence electrons. The van der Waals surface area contributed by atoms with Gasteiger partial charge in [-0.15, -0.1) is 0 Å². The Hall–Kier alpha value is -1.59. The molecule has 1 aromatic carbocycles. The highest BCUT2D eigenvalue weighted by Gasteiger charge is 2.23. The van der Waals surface area contributed by atoms with Crippen LogP contribution in [0.4, 0.5) is 5.69 Å². The number of halogens is 1. The first kappa shape index (κ1) is 16.8. The van der Waals surface area contributed by atoms with Gasteiger partial charge in [-0.05, 0) is 44.4 Å². The van der Waals surface area contributed by atoms with Gasteiger partial charge in [-0.3, -0.25) is 9.59 Å². The fraction of sp³-hybridized carbons (Fsp3) is 0.500. The van der Waals surface area contributed by atoms with Gasteiger partial charge < -0.3 is 15.3 Å². The quantitative estimate of drug-likeness (QED) is 0.844. The zero-order valence-electron chi connectivity index (χ0n) is 12.6. The van der Waals surface area contributed by atoms with Crippen molar-refractivity contribution in [1.82, 2.24) is 5.32 Å². The van der Waals surface area contributed by atoms with Crippen LogP contribution in [0, 0.1) is 0 Å². The molecule has 0 radical (unpaired) electrons. The number of aliphatic hydroxyl groups is 1. The van der Waals surface area contributed by atoms with Gasteiger partial charge in [0, 0.05) is 31.3 Å². The van der Waals surface area contributed by atoms with E-state index in [1.807, 2.05) is 6.92 Å². The zero-order valence-corrected chi connectivity index (χ0v) is 13.4. The summed E-state index contributed by atoms with van der Waals surface area (Å²) in [7, 11) is 0. The lowest BCUT2D eigenvalue weighted by atomic mass is 10.1. The fourth-order valence-electron chi connectivity index (χ4n) is 2.55. The third-order valence-corrected chi connectivity index (χ3v) is 4.08. The normalized spacial score (nSPS) is 16.0. The number of carbonyl (C=O) groups excluding carboxylic acids is 2. The van der Waals surface area contributed by atoms with E-state index in [0.29, 0.717) is 42.1 Å². The minimum Gasteiger partial charge on any atom is -0.396 e. The van der Waals surface area contributed by atoms with Crippen LogP contribution in [0.5, 0.6) is 0 Å². The first-order valence-electron chi connectivity index (χ1n) is 7.54. The van der Waals surface area contributed by atoms with Crippen LogP contribution in [0.25, 0.3) is 0 Å². The van der Waals surface area contributed by atoms with E-state index in [1.54, 1.807) is 23.1 Å². The molecular weight excluding hydrogens is 304 g/mol. The van der Waals surface area contributed by atoms with E-state index in [0.717, 1.165) is 6.42 Å². The number of nitrogens with one attached hydrogen (secondary N) is 1. The lowest BCUT2D eigenvalue weighted by Gasteiger charge is -2.18. The van der Waals surface area contributed by atoms with E-state index in [9.17, 15) is 9.59 Å². The third kappa shape index (κ3) is 3.99. The van der Waals surface area contributed by atoms with Gasteiger partial charge in [0.05, 0.1) is 10.6 Å². The Kier molecular flexibility index (Phi) is 5.80. The van der Waals surface area contributed by atoms with Crippen molar-refractivity contribution in [2.45, 2.75) is 38.6 Å². The topological polar surface area (TPSA) is 69.6 Å². The Bertz CT molecular complexity index is 562. The minimum absolute atomic E-state index is 0.0483. The number of anilines is 1. The van der Waals surface area contributed by atoms with Gasteiger partial charge in [0.2, 0.25) is 5.91 Å². The molecule has 0 saturated carbocycles. The van der Waals surface area contributed by atoms with Crippen LogP contribution in [0.1, 0.15) is 43.0 Å². The number of rotatable bonds is 6. The monoisotopic (exact) mass is 324 g/mol. The maximum Gasteiger partial charge on any atom is 0.253 e. The summed E-state index contributed by atoms with van der Waals surface area (Å²) in [4.78, 5) is 25.8. The van der Waals surface area contributed by atoms with Gasteiger partial charge in [-0.2, -0.15) is 0 Å². The number of hydrogen-bond acceptors (Lipinski definition) is 3. The molecule has 5 nitrogen and oxygen atoms in total. The lowest BCUT2D eigenvalue weighted by Crippen LogP contribution is -2.33. The van der Waals surface area contributed by atoms with Crippen LogP contribution in [0.2, 0.25) is 5.02 Å². The second kappa shape index (κ2) is 7.61. The van der Waals surface area contributed by atoms with Crippen LogP contribution in [-0.4, -0.2) is 36.1 Å². The summed E-state index contributed by atoms with van der Waals surface area (Å²) in [6.45, 7) is 2.66. The highest BCUT2D eigenvalue weighted by Crippen LogP contribution is 2.26. The van der Waals surface area contributed by atoms with Crippen molar-refractivity contribution in [1.29, 1.82) is 0 Å². The van der Waals surface area contributed by atoms with Crippen LogP contribution in [0.3, 0.4) is 0 Å². The Labute approximate surface area is 135 Å². The van der Waals surface area contributed by atoms with E-state index in [4.69, 9.17) is 16.7 Å². The van der Waals surface area contributed by atoms with Crippen LogP contribution >= 0.6 is 11.6 Å². The summed E-state index contributed by atoms with van der Waals surface area (Å²) in [5.74, 6) is -0.186. The molecule has 22 heavy (non-hydrogen) atoms. The molecule has 0 aliphatic carbocycles. The Balaban J connectivity index is 2.12. The van der Waals surface area contributed by atoms with E-state index in [1.165, 1.54) is 0 Å². The summed E-state index contributed by atoms with van der Waals surface area (Å²) >= 11 is 6.12. The standard InChI is InChI=1S/C16H21ClN2O3/c1-11(4-3-9-20)18-16(22)13-10-12(6-7-14(13)17)19-8-2-5-15(19)21/h6-7,10-11,20H,2-5,8-9H2,1H3,(H,18,22). The van der Waals surface area contributed by atoms with Gasteiger partial charge in [0.15, 0.2) is 0 Å². The number of aliphatic hydroxyl groups excluding tert-OH is 1. The predicted molar refractivity (Wildman–Crippen MR) is 86.3 cm³/mol. The smallest absolute Gasteiger partial charge is 0.253 e. The van der Waals surface area contributed by atoms with E-state index >= 15 is 0 Å². The van der Waals surface area contributed by atoms with Gasteiger partial charge in [-0.1, -0.05) is 11.6 Å². The van der Waals surface area contributed by atoms with Gasteiger partial charge >= 0.3 is 0 Å². The second-order valence-corrected chi connectivity index (χ2v) is 5.96. The number of benzene rings is 1. The minimum atomic E-state index is -0.260. The van der Waals surface area contributed by atoms with Crippen molar-refractivity contribution >= 4 is 29.1 Å². The highest BCUT2D eigenvalue weighted by atomic mass is 35.5. The molecule has 2 amide bonds. The molecule has 6 heteroatoms. The molecule has 1 unspecified atom stereocenters. The Morgan fingerprint density at radius 2 is 2.27 bits per heavy atom. The first-order valence-corrected chi connectivity index (χ1v) is 7.92. The average molecular weight is 325 g/mol. The number of nitrogens with zero attached hydrogens (tertiary/aromatic N) is 1. The molecule has 1 aromatic rings. The summed E-state index contributed by atoms with van der Waals surface area (Å²) in [5.41, 5.74) is 1.08.